The summed E-state index contributed by atoms with van der Waals surface area (Å²) < 4.78 is 18.6. The van der Waals surface area contributed by atoms with E-state index in [1.165, 1.54) is 17.7 Å². The van der Waals surface area contributed by atoms with Gasteiger partial charge in [0, 0.05) is 12.2 Å². The number of amides is 1. The lowest BCUT2D eigenvalue weighted by atomic mass is 9.96. The van der Waals surface area contributed by atoms with Crippen LogP contribution in [0, 0.1) is 5.82 Å². The molecule has 1 fully saturated rings. The molecule has 0 saturated carbocycles. The largest absolute Gasteiger partial charge is 0.457 e. The van der Waals surface area contributed by atoms with Crippen LogP contribution in [0.25, 0.3) is 0 Å². The maximum absolute atomic E-state index is 12.9. The lowest BCUT2D eigenvalue weighted by molar-refractivity contribution is -0.117. The lowest BCUT2D eigenvalue weighted by Gasteiger charge is -2.12. The fourth-order valence-electron chi connectivity index (χ4n) is 3.39. The van der Waals surface area contributed by atoms with Crippen molar-refractivity contribution in [2.24, 2.45) is 0 Å². The summed E-state index contributed by atoms with van der Waals surface area (Å²) in [6, 6.07) is 23.0. The van der Waals surface area contributed by atoms with E-state index in [4.69, 9.17) is 4.74 Å². The van der Waals surface area contributed by atoms with Gasteiger partial charge in [0.05, 0.1) is 6.04 Å². The van der Waals surface area contributed by atoms with Gasteiger partial charge in [0.1, 0.15) is 17.3 Å². The minimum atomic E-state index is -0.305. The Balaban J connectivity index is 1.33. The van der Waals surface area contributed by atoms with Crippen molar-refractivity contribution in [1.82, 2.24) is 5.32 Å². The third-order valence-electron chi connectivity index (χ3n) is 4.89. The molecule has 2 N–H and O–H groups in total. The highest BCUT2D eigenvalue weighted by Gasteiger charge is 2.30. The molecule has 3 aromatic carbocycles. The molecule has 0 spiro atoms. The number of anilines is 1. The number of hydrogen-bond donors (Lipinski definition) is 2. The van der Waals surface area contributed by atoms with Gasteiger partial charge in [-0.1, -0.05) is 30.3 Å². The molecule has 0 aliphatic carbocycles. The summed E-state index contributed by atoms with van der Waals surface area (Å²) in [5.74, 6) is 1.18. The van der Waals surface area contributed by atoms with Gasteiger partial charge in [-0.25, -0.2) is 4.39 Å². The van der Waals surface area contributed by atoms with Gasteiger partial charge in [-0.2, -0.15) is 0 Å². The molecule has 4 nitrogen and oxygen atoms in total. The van der Waals surface area contributed by atoms with Crippen LogP contribution in [0.4, 0.5) is 10.1 Å². The predicted molar refractivity (Wildman–Crippen MR) is 107 cm³/mol. The highest BCUT2D eigenvalue weighted by Crippen LogP contribution is 2.27. The predicted octanol–water partition coefficient (Wildman–Crippen LogP) is 4.70. The normalized spacial score (nSPS) is 18.6. The molecular formula is C23H21FN2O2. The summed E-state index contributed by atoms with van der Waals surface area (Å²) >= 11 is 0. The van der Waals surface area contributed by atoms with Gasteiger partial charge in [0.25, 0.3) is 0 Å². The van der Waals surface area contributed by atoms with Gasteiger partial charge < -0.3 is 15.4 Å². The Morgan fingerprint density at radius 3 is 2.25 bits per heavy atom. The van der Waals surface area contributed by atoms with Crippen molar-refractivity contribution in [3.8, 4) is 11.5 Å². The third kappa shape index (κ3) is 4.38. The Morgan fingerprint density at radius 2 is 1.57 bits per heavy atom. The standard InChI is InChI=1S/C23H21FN2O2/c24-18-6-10-20(11-7-18)28-21-12-8-19(9-13-21)26-23(27)22-14-17(15-25-22)16-4-2-1-3-5-16/h1-13,17,22,25H,14-15H2,(H,26,27)/t17-,22-/m0/s1. The number of ether oxygens (including phenoxy) is 1. The molecular weight excluding hydrogens is 355 g/mol. The molecule has 4 rings (SSSR count). The number of rotatable bonds is 5. The molecule has 1 aliphatic heterocycles. The first-order valence-electron chi connectivity index (χ1n) is 9.30. The van der Waals surface area contributed by atoms with Crippen LogP contribution in [0.15, 0.2) is 78.9 Å². The summed E-state index contributed by atoms with van der Waals surface area (Å²) in [5.41, 5.74) is 1.97. The molecule has 1 saturated heterocycles. The van der Waals surface area contributed by atoms with Crippen LogP contribution < -0.4 is 15.4 Å². The van der Waals surface area contributed by atoms with E-state index in [1.54, 1.807) is 36.4 Å². The van der Waals surface area contributed by atoms with Gasteiger partial charge in [0.15, 0.2) is 0 Å². The number of carbonyl (C=O) groups is 1. The minimum Gasteiger partial charge on any atom is -0.457 e. The van der Waals surface area contributed by atoms with E-state index in [0.717, 1.165) is 13.0 Å². The van der Waals surface area contributed by atoms with Gasteiger partial charge in [-0.05, 0) is 66.4 Å². The maximum Gasteiger partial charge on any atom is 0.241 e. The maximum atomic E-state index is 12.9. The van der Waals surface area contributed by atoms with Crippen molar-refractivity contribution in [3.05, 3.63) is 90.2 Å². The molecule has 5 heteroatoms. The molecule has 0 radical (unpaired) electrons. The topological polar surface area (TPSA) is 50.4 Å². The van der Waals surface area contributed by atoms with Crippen LogP contribution in [0.2, 0.25) is 0 Å². The molecule has 3 aromatic rings. The van der Waals surface area contributed by atoms with Gasteiger partial charge >= 0.3 is 0 Å². The summed E-state index contributed by atoms with van der Waals surface area (Å²) in [4.78, 5) is 12.6. The number of hydrogen-bond acceptors (Lipinski definition) is 3. The van der Waals surface area contributed by atoms with Crippen LogP contribution in [-0.4, -0.2) is 18.5 Å². The van der Waals surface area contributed by atoms with Crippen molar-refractivity contribution in [1.29, 1.82) is 0 Å². The molecule has 1 amide bonds. The molecule has 0 bridgehead atoms. The van der Waals surface area contributed by atoms with Crippen LogP contribution in [-0.2, 0) is 4.79 Å². The van der Waals surface area contributed by atoms with Crippen LogP contribution >= 0.6 is 0 Å². The first kappa shape index (κ1) is 18.2. The van der Waals surface area contributed by atoms with Gasteiger partial charge in [-0.15, -0.1) is 0 Å². The van der Waals surface area contributed by atoms with Gasteiger partial charge in [-0.3, -0.25) is 4.79 Å². The van der Waals surface area contributed by atoms with E-state index < -0.39 is 0 Å². The van der Waals surface area contributed by atoms with E-state index in [1.807, 2.05) is 18.2 Å². The van der Waals surface area contributed by atoms with Gasteiger partial charge in [0.2, 0.25) is 5.91 Å². The van der Waals surface area contributed by atoms with Crippen molar-refractivity contribution in [2.75, 3.05) is 11.9 Å². The molecule has 2 atom stereocenters. The quantitative estimate of drug-likeness (QED) is 0.678. The van der Waals surface area contributed by atoms with E-state index in [-0.39, 0.29) is 17.8 Å². The van der Waals surface area contributed by atoms with E-state index in [0.29, 0.717) is 23.1 Å². The monoisotopic (exact) mass is 376 g/mol. The number of halogens is 1. The molecule has 1 heterocycles. The Hall–Kier alpha value is -3.18. The Kier molecular flexibility index (Phi) is 5.35. The zero-order chi connectivity index (χ0) is 19.3. The van der Waals surface area contributed by atoms with E-state index in [9.17, 15) is 9.18 Å². The Labute approximate surface area is 163 Å². The summed E-state index contributed by atoms with van der Waals surface area (Å²) in [5, 5.41) is 6.25. The summed E-state index contributed by atoms with van der Waals surface area (Å²) in [6.45, 7) is 0.798. The van der Waals surface area contributed by atoms with Crippen molar-refractivity contribution >= 4 is 11.6 Å². The van der Waals surface area contributed by atoms with E-state index in [2.05, 4.69) is 22.8 Å². The lowest BCUT2D eigenvalue weighted by Crippen LogP contribution is -2.35. The molecule has 28 heavy (non-hydrogen) atoms. The minimum absolute atomic E-state index is 0.0364. The smallest absolute Gasteiger partial charge is 0.241 e. The average Bonchev–Trinajstić information content (AvgIpc) is 3.22. The zero-order valence-corrected chi connectivity index (χ0v) is 15.3. The van der Waals surface area contributed by atoms with Crippen molar-refractivity contribution in [3.63, 3.8) is 0 Å². The first-order valence-corrected chi connectivity index (χ1v) is 9.30. The molecule has 0 unspecified atom stereocenters. The van der Waals surface area contributed by atoms with Crippen LogP contribution in [0.5, 0.6) is 11.5 Å². The highest BCUT2D eigenvalue weighted by atomic mass is 19.1. The summed E-state index contributed by atoms with van der Waals surface area (Å²) in [7, 11) is 0. The van der Waals surface area contributed by atoms with Crippen molar-refractivity contribution < 1.29 is 13.9 Å². The number of nitrogens with one attached hydrogen (secondary N) is 2. The average molecular weight is 376 g/mol. The summed E-state index contributed by atoms with van der Waals surface area (Å²) in [6.07, 6.45) is 0.779. The molecule has 0 aromatic heterocycles. The second-order valence-corrected chi connectivity index (χ2v) is 6.87. The number of carbonyl (C=O) groups excluding carboxylic acids is 1. The zero-order valence-electron chi connectivity index (χ0n) is 15.3. The Morgan fingerprint density at radius 1 is 0.929 bits per heavy atom. The second-order valence-electron chi connectivity index (χ2n) is 6.87. The molecule has 1 aliphatic rings. The highest BCUT2D eigenvalue weighted by molar-refractivity contribution is 5.95. The van der Waals surface area contributed by atoms with E-state index >= 15 is 0 Å². The van der Waals surface area contributed by atoms with Crippen LogP contribution in [0.1, 0.15) is 17.9 Å². The molecule has 142 valence electrons. The SMILES string of the molecule is O=C(Nc1ccc(Oc2ccc(F)cc2)cc1)[C@@H]1C[C@H](c2ccccc2)CN1. The Bertz CT molecular complexity index is 927. The fraction of sp³-hybridized carbons (Fsp3) is 0.174. The van der Waals surface area contributed by atoms with Crippen LogP contribution in [0.3, 0.4) is 0 Å². The third-order valence-corrected chi connectivity index (χ3v) is 4.89. The second kappa shape index (κ2) is 8.23. The first-order chi connectivity index (χ1) is 13.7. The van der Waals surface area contributed by atoms with Crippen molar-refractivity contribution in [2.45, 2.75) is 18.4 Å². The number of benzene rings is 3. The fourth-order valence-corrected chi connectivity index (χ4v) is 3.39.